The van der Waals surface area contributed by atoms with E-state index >= 15 is 0 Å². The lowest BCUT2D eigenvalue weighted by atomic mass is 9.97. The summed E-state index contributed by atoms with van der Waals surface area (Å²) in [6, 6.07) is -0.610. The van der Waals surface area contributed by atoms with Gasteiger partial charge < -0.3 is 4.74 Å². The second-order valence-corrected chi connectivity index (χ2v) is 7.34. The van der Waals surface area contributed by atoms with Crippen LogP contribution in [0.4, 0.5) is 0 Å². The molecular weight excluding hydrogens is 312 g/mol. The van der Waals surface area contributed by atoms with Crippen LogP contribution < -0.4 is 5.56 Å². The van der Waals surface area contributed by atoms with E-state index < -0.39 is 6.04 Å². The molecule has 0 bridgehead atoms. The number of carbonyl (C=O) groups is 1. The van der Waals surface area contributed by atoms with Crippen molar-refractivity contribution >= 4 is 27.5 Å². The van der Waals surface area contributed by atoms with Crippen molar-refractivity contribution < 1.29 is 9.53 Å². The monoisotopic (exact) mass is 334 g/mol. The van der Waals surface area contributed by atoms with Gasteiger partial charge in [-0.25, -0.2) is 9.78 Å². The van der Waals surface area contributed by atoms with Crippen LogP contribution in [-0.2, 0) is 22.4 Å². The number of thiophene rings is 1. The summed E-state index contributed by atoms with van der Waals surface area (Å²) in [5.74, 6) is -0.366. The van der Waals surface area contributed by atoms with Crippen LogP contribution in [0.2, 0.25) is 0 Å². The molecule has 23 heavy (non-hydrogen) atoms. The third-order valence-electron chi connectivity index (χ3n) is 4.25. The van der Waals surface area contributed by atoms with E-state index in [9.17, 15) is 9.59 Å². The van der Waals surface area contributed by atoms with Crippen LogP contribution in [0.15, 0.2) is 11.1 Å². The number of aromatic nitrogens is 2. The molecule has 1 atom stereocenters. The van der Waals surface area contributed by atoms with E-state index in [1.54, 1.807) is 11.3 Å². The van der Waals surface area contributed by atoms with E-state index in [0.717, 1.165) is 29.7 Å². The Bertz CT molecular complexity index is 791. The number of fused-ring (bicyclic) bond motifs is 3. The van der Waals surface area contributed by atoms with Crippen molar-refractivity contribution in [3.63, 3.8) is 0 Å². The molecule has 0 N–H and O–H groups in total. The highest BCUT2D eigenvalue weighted by Gasteiger charge is 2.26. The molecule has 1 aliphatic carbocycles. The highest BCUT2D eigenvalue weighted by molar-refractivity contribution is 7.18. The predicted molar refractivity (Wildman–Crippen MR) is 91.1 cm³/mol. The summed E-state index contributed by atoms with van der Waals surface area (Å²) >= 11 is 1.62. The van der Waals surface area contributed by atoms with E-state index in [4.69, 9.17) is 4.74 Å². The van der Waals surface area contributed by atoms with Crippen molar-refractivity contribution in [2.75, 3.05) is 0 Å². The second-order valence-electron chi connectivity index (χ2n) is 6.26. The van der Waals surface area contributed by atoms with Crippen LogP contribution >= 0.6 is 11.3 Å². The molecule has 6 heteroatoms. The maximum atomic E-state index is 13.0. The van der Waals surface area contributed by atoms with E-state index in [1.807, 2.05) is 20.8 Å². The molecule has 0 radical (unpaired) electrons. The Hall–Kier alpha value is -1.69. The average molecular weight is 334 g/mol. The Labute approximate surface area is 139 Å². The Balaban J connectivity index is 2.09. The van der Waals surface area contributed by atoms with Crippen LogP contribution in [0.25, 0.3) is 10.2 Å². The summed E-state index contributed by atoms with van der Waals surface area (Å²) in [4.78, 5) is 31.8. The Morgan fingerprint density at radius 1 is 1.39 bits per heavy atom. The molecule has 2 aromatic rings. The van der Waals surface area contributed by atoms with Crippen molar-refractivity contribution in [2.45, 2.75) is 65.0 Å². The smallest absolute Gasteiger partial charge is 0.329 e. The van der Waals surface area contributed by atoms with Gasteiger partial charge in [-0.15, -0.1) is 11.3 Å². The number of aryl methyl sites for hydroxylation is 2. The number of esters is 1. The van der Waals surface area contributed by atoms with Crippen molar-refractivity contribution in [2.24, 2.45) is 0 Å². The van der Waals surface area contributed by atoms with E-state index in [1.165, 1.54) is 22.2 Å². The molecule has 0 saturated heterocycles. The Kier molecular flexibility index (Phi) is 4.53. The van der Waals surface area contributed by atoms with E-state index in [2.05, 4.69) is 4.98 Å². The van der Waals surface area contributed by atoms with E-state index in [-0.39, 0.29) is 17.6 Å². The normalized spacial score (nSPS) is 15.7. The maximum Gasteiger partial charge on any atom is 0.329 e. The number of nitrogens with zero attached hydrogens (tertiary/aromatic N) is 2. The maximum absolute atomic E-state index is 13.0. The number of hydrogen-bond donors (Lipinski definition) is 0. The molecule has 5 nitrogen and oxygen atoms in total. The molecule has 3 rings (SSSR count). The van der Waals surface area contributed by atoms with Crippen molar-refractivity contribution in [3.8, 4) is 0 Å². The van der Waals surface area contributed by atoms with Crippen LogP contribution in [0.3, 0.4) is 0 Å². The van der Waals surface area contributed by atoms with Gasteiger partial charge in [0.2, 0.25) is 0 Å². The van der Waals surface area contributed by atoms with Crippen LogP contribution in [-0.4, -0.2) is 21.6 Å². The minimum atomic E-state index is -0.610. The molecule has 0 aromatic carbocycles. The lowest BCUT2D eigenvalue weighted by Crippen LogP contribution is -2.32. The van der Waals surface area contributed by atoms with Crippen molar-refractivity contribution in [1.29, 1.82) is 0 Å². The topological polar surface area (TPSA) is 61.2 Å². The first-order valence-corrected chi connectivity index (χ1v) is 9.06. The van der Waals surface area contributed by atoms with Crippen LogP contribution in [0, 0.1) is 0 Å². The first kappa shape index (κ1) is 16.2. The molecule has 0 amide bonds. The Morgan fingerprint density at radius 2 is 2.13 bits per heavy atom. The molecular formula is C17H22N2O3S. The van der Waals surface area contributed by atoms with Gasteiger partial charge in [0.25, 0.3) is 5.56 Å². The average Bonchev–Trinajstić information content (AvgIpc) is 2.88. The van der Waals surface area contributed by atoms with Gasteiger partial charge in [0.15, 0.2) is 0 Å². The number of rotatable bonds is 4. The standard InChI is InChI=1S/C17H22N2O3S/c1-4-12(17(21)22-10(2)3)19-9-18-15-14(16(19)20)11-7-5-6-8-13(11)23-15/h9-10,12H,4-8H2,1-3H3/t12-/m0/s1. The number of ether oxygens (including phenoxy) is 1. The first-order chi connectivity index (χ1) is 11.0. The van der Waals surface area contributed by atoms with Gasteiger partial charge in [-0.05, 0) is 51.5 Å². The molecule has 0 aliphatic heterocycles. The molecule has 0 spiro atoms. The third kappa shape index (κ3) is 2.92. The quantitative estimate of drug-likeness (QED) is 0.805. The molecule has 0 unspecified atom stereocenters. The summed E-state index contributed by atoms with van der Waals surface area (Å²) < 4.78 is 6.75. The summed E-state index contributed by atoms with van der Waals surface area (Å²) in [5, 5.41) is 0.711. The van der Waals surface area contributed by atoms with Gasteiger partial charge in [-0.2, -0.15) is 0 Å². The van der Waals surface area contributed by atoms with Gasteiger partial charge >= 0.3 is 5.97 Å². The van der Waals surface area contributed by atoms with Crippen LogP contribution in [0.1, 0.15) is 56.5 Å². The van der Waals surface area contributed by atoms with Gasteiger partial charge in [0, 0.05) is 4.88 Å². The van der Waals surface area contributed by atoms with Crippen molar-refractivity contribution in [3.05, 3.63) is 27.1 Å². The number of hydrogen-bond acceptors (Lipinski definition) is 5. The van der Waals surface area contributed by atoms with E-state index in [0.29, 0.717) is 11.8 Å². The molecule has 0 fully saturated rings. The lowest BCUT2D eigenvalue weighted by molar-refractivity contribution is -0.151. The van der Waals surface area contributed by atoms with Crippen LogP contribution in [0.5, 0.6) is 0 Å². The summed E-state index contributed by atoms with van der Waals surface area (Å²) in [5.41, 5.74) is 1.04. The summed E-state index contributed by atoms with van der Waals surface area (Å²) in [6.07, 6.45) is 6.06. The third-order valence-corrected chi connectivity index (χ3v) is 5.45. The second kappa shape index (κ2) is 6.43. The minimum Gasteiger partial charge on any atom is -0.461 e. The van der Waals surface area contributed by atoms with Gasteiger partial charge in [-0.1, -0.05) is 6.92 Å². The Morgan fingerprint density at radius 3 is 2.83 bits per heavy atom. The summed E-state index contributed by atoms with van der Waals surface area (Å²) in [6.45, 7) is 5.50. The zero-order valence-electron chi connectivity index (χ0n) is 13.8. The largest absolute Gasteiger partial charge is 0.461 e. The number of carbonyl (C=O) groups excluding carboxylic acids is 1. The molecule has 1 aliphatic rings. The lowest BCUT2D eigenvalue weighted by Gasteiger charge is -2.18. The molecule has 0 saturated carbocycles. The zero-order chi connectivity index (χ0) is 16.6. The van der Waals surface area contributed by atoms with Gasteiger partial charge in [0.1, 0.15) is 10.9 Å². The summed E-state index contributed by atoms with van der Waals surface area (Å²) in [7, 11) is 0. The predicted octanol–water partition coefficient (Wildman–Crippen LogP) is 3.24. The zero-order valence-corrected chi connectivity index (χ0v) is 14.6. The minimum absolute atomic E-state index is 0.109. The molecule has 2 aromatic heterocycles. The van der Waals surface area contributed by atoms with Gasteiger partial charge in [0.05, 0.1) is 17.8 Å². The SMILES string of the molecule is CC[C@@H](C(=O)OC(C)C)n1cnc2sc3c(c2c1=O)CCCC3. The fourth-order valence-electron chi connectivity index (χ4n) is 3.17. The molecule has 2 heterocycles. The fourth-order valence-corrected chi connectivity index (χ4v) is 4.39. The first-order valence-electron chi connectivity index (χ1n) is 8.24. The molecule has 124 valence electrons. The van der Waals surface area contributed by atoms with Crippen molar-refractivity contribution in [1.82, 2.24) is 9.55 Å². The van der Waals surface area contributed by atoms with Gasteiger partial charge in [-0.3, -0.25) is 9.36 Å². The highest BCUT2D eigenvalue weighted by atomic mass is 32.1. The highest BCUT2D eigenvalue weighted by Crippen LogP contribution is 2.33. The fraction of sp³-hybridized carbons (Fsp3) is 0.588.